The molecule has 2 fully saturated rings. The summed E-state index contributed by atoms with van der Waals surface area (Å²) in [4.78, 5) is 26.5. The molecule has 1 saturated heterocycles. The lowest BCUT2D eigenvalue weighted by Gasteiger charge is -2.32. The molecule has 2 aromatic rings. The average molecular weight is 398 g/mol. The highest BCUT2D eigenvalue weighted by atomic mass is 16.5. The Morgan fingerprint density at radius 1 is 1.17 bits per heavy atom. The summed E-state index contributed by atoms with van der Waals surface area (Å²) in [5.41, 5.74) is 0.513. The van der Waals surface area contributed by atoms with Gasteiger partial charge in [0, 0.05) is 43.8 Å². The Bertz CT molecular complexity index is 869. The van der Waals surface area contributed by atoms with Gasteiger partial charge in [0.1, 0.15) is 11.9 Å². The number of aryl methyl sites for hydroxylation is 1. The lowest BCUT2D eigenvalue weighted by molar-refractivity contribution is -0.134. The summed E-state index contributed by atoms with van der Waals surface area (Å²) in [6, 6.07) is 7.13. The van der Waals surface area contributed by atoms with E-state index in [1.165, 1.54) is 0 Å². The Morgan fingerprint density at radius 2 is 1.93 bits per heavy atom. The van der Waals surface area contributed by atoms with Crippen molar-refractivity contribution in [3.8, 4) is 5.75 Å². The van der Waals surface area contributed by atoms with Crippen molar-refractivity contribution in [1.82, 2.24) is 20.4 Å². The molecule has 8 nitrogen and oxygen atoms in total. The van der Waals surface area contributed by atoms with Gasteiger partial charge in [0.05, 0.1) is 6.54 Å². The SMILES string of the molecule is CCc1nnc(CNC(=O)c2cccc(OC3CCN(C(=O)C4CC4)CC3)c2)o1. The minimum Gasteiger partial charge on any atom is -0.490 e. The first-order valence-corrected chi connectivity index (χ1v) is 10.3. The van der Waals surface area contributed by atoms with Gasteiger partial charge >= 0.3 is 0 Å². The van der Waals surface area contributed by atoms with Gasteiger partial charge in [-0.1, -0.05) is 13.0 Å². The molecule has 0 atom stereocenters. The molecule has 0 unspecified atom stereocenters. The zero-order valence-electron chi connectivity index (χ0n) is 16.6. The molecule has 8 heteroatoms. The predicted molar refractivity (Wildman–Crippen MR) is 104 cm³/mol. The zero-order valence-corrected chi connectivity index (χ0v) is 16.6. The average Bonchev–Trinajstić information content (AvgIpc) is 3.50. The van der Waals surface area contributed by atoms with Crippen LogP contribution in [0.2, 0.25) is 0 Å². The maximum Gasteiger partial charge on any atom is 0.251 e. The summed E-state index contributed by atoms with van der Waals surface area (Å²) >= 11 is 0. The van der Waals surface area contributed by atoms with Crippen molar-refractivity contribution < 1.29 is 18.7 Å². The van der Waals surface area contributed by atoms with E-state index in [4.69, 9.17) is 9.15 Å². The highest BCUT2D eigenvalue weighted by molar-refractivity contribution is 5.94. The molecule has 4 rings (SSSR count). The van der Waals surface area contributed by atoms with Crippen LogP contribution in [0.25, 0.3) is 0 Å². The van der Waals surface area contributed by atoms with Gasteiger partial charge in [-0.25, -0.2) is 0 Å². The predicted octanol–water partition coefficient (Wildman–Crippen LogP) is 2.34. The first-order chi connectivity index (χ1) is 14.1. The van der Waals surface area contributed by atoms with Crippen LogP contribution >= 0.6 is 0 Å². The number of ether oxygens (including phenoxy) is 1. The third-order valence-corrected chi connectivity index (χ3v) is 5.29. The number of carbonyl (C=O) groups is 2. The molecule has 29 heavy (non-hydrogen) atoms. The van der Waals surface area contributed by atoms with Crippen LogP contribution in [0.3, 0.4) is 0 Å². The van der Waals surface area contributed by atoms with Crippen molar-refractivity contribution in [2.75, 3.05) is 13.1 Å². The van der Waals surface area contributed by atoms with Crippen molar-refractivity contribution in [2.24, 2.45) is 5.92 Å². The molecule has 154 valence electrons. The minimum atomic E-state index is -0.225. The molecule has 2 heterocycles. The second-order valence-corrected chi connectivity index (χ2v) is 7.57. The van der Waals surface area contributed by atoms with Crippen molar-refractivity contribution in [3.05, 3.63) is 41.6 Å². The van der Waals surface area contributed by atoms with Crippen LogP contribution in [0, 0.1) is 5.92 Å². The summed E-state index contributed by atoms with van der Waals surface area (Å²) in [5, 5.41) is 10.6. The third kappa shape index (κ3) is 4.93. The van der Waals surface area contributed by atoms with Gasteiger partial charge < -0.3 is 19.4 Å². The molecule has 1 N–H and O–H groups in total. The van der Waals surface area contributed by atoms with Crippen LogP contribution in [0.5, 0.6) is 5.75 Å². The molecule has 0 spiro atoms. The first-order valence-electron chi connectivity index (χ1n) is 10.3. The Balaban J connectivity index is 1.28. The number of piperidine rings is 1. The topological polar surface area (TPSA) is 97.6 Å². The number of nitrogens with one attached hydrogen (secondary N) is 1. The minimum absolute atomic E-state index is 0.0578. The van der Waals surface area contributed by atoms with Gasteiger partial charge in [-0.15, -0.1) is 10.2 Å². The van der Waals surface area contributed by atoms with Gasteiger partial charge in [-0.2, -0.15) is 0 Å². The summed E-state index contributed by atoms with van der Waals surface area (Å²) < 4.78 is 11.5. The van der Waals surface area contributed by atoms with Gasteiger partial charge in [0.25, 0.3) is 5.91 Å². The molecule has 0 radical (unpaired) electrons. The molecular formula is C21H26N4O4. The molecule has 0 bridgehead atoms. The molecule has 2 amide bonds. The largest absolute Gasteiger partial charge is 0.490 e. The molecule has 1 aliphatic heterocycles. The molecule has 1 aromatic carbocycles. The van der Waals surface area contributed by atoms with Crippen molar-refractivity contribution in [1.29, 1.82) is 0 Å². The van der Waals surface area contributed by atoms with E-state index in [0.717, 1.165) is 38.8 Å². The Hall–Kier alpha value is -2.90. The van der Waals surface area contributed by atoms with E-state index in [0.29, 0.717) is 35.4 Å². The second kappa shape index (κ2) is 8.63. The van der Waals surface area contributed by atoms with E-state index in [-0.39, 0.29) is 24.5 Å². The molecular weight excluding hydrogens is 372 g/mol. The summed E-state index contributed by atoms with van der Waals surface area (Å²) in [7, 11) is 0. The fourth-order valence-corrected chi connectivity index (χ4v) is 3.45. The smallest absolute Gasteiger partial charge is 0.251 e. The maximum atomic E-state index is 12.4. The summed E-state index contributed by atoms with van der Waals surface area (Å²) in [6.45, 7) is 3.59. The molecule has 2 aliphatic rings. The lowest BCUT2D eigenvalue weighted by Crippen LogP contribution is -2.42. The highest BCUT2D eigenvalue weighted by Gasteiger charge is 2.35. The van der Waals surface area contributed by atoms with Crippen LogP contribution < -0.4 is 10.1 Å². The van der Waals surface area contributed by atoms with Crippen molar-refractivity contribution >= 4 is 11.8 Å². The number of nitrogens with zero attached hydrogens (tertiary/aromatic N) is 3. The monoisotopic (exact) mass is 398 g/mol. The fraction of sp³-hybridized carbons (Fsp3) is 0.524. The lowest BCUT2D eigenvalue weighted by atomic mass is 10.1. The number of amides is 2. The number of hydrogen-bond acceptors (Lipinski definition) is 6. The summed E-state index contributed by atoms with van der Waals surface area (Å²) in [6.07, 6.45) is 4.42. The van der Waals surface area contributed by atoms with Crippen LogP contribution in [0.1, 0.15) is 54.7 Å². The third-order valence-electron chi connectivity index (χ3n) is 5.29. The Labute approximate surface area is 169 Å². The zero-order chi connectivity index (χ0) is 20.2. The summed E-state index contributed by atoms with van der Waals surface area (Å²) in [5.74, 6) is 1.94. The van der Waals surface area contributed by atoms with E-state index < -0.39 is 0 Å². The van der Waals surface area contributed by atoms with Crippen LogP contribution in [-0.4, -0.2) is 46.1 Å². The second-order valence-electron chi connectivity index (χ2n) is 7.57. The molecule has 1 aliphatic carbocycles. The standard InChI is InChI=1S/C21H26N4O4/c1-2-18-23-24-19(29-18)13-22-20(26)15-4-3-5-17(12-15)28-16-8-10-25(11-9-16)21(27)14-6-7-14/h3-5,12,14,16H,2,6-11,13H2,1H3,(H,22,26). The number of aromatic nitrogens is 2. The normalized spacial score (nSPS) is 17.2. The van der Waals surface area contributed by atoms with Gasteiger partial charge in [0.15, 0.2) is 0 Å². The Kier molecular flexibility index (Phi) is 5.78. The van der Waals surface area contributed by atoms with E-state index >= 15 is 0 Å². The van der Waals surface area contributed by atoms with Gasteiger partial charge in [-0.05, 0) is 31.0 Å². The van der Waals surface area contributed by atoms with Crippen LogP contribution in [0.15, 0.2) is 28.7 Å². The van der Waals surface area contributed by atoms with Crippen molar-refractivity contribution in [3.63, 3.8) is 0 Å². The number of carbonyl (C=O) groups excluding carboxylic acids is 2. The number of rotatable bonds is 7. The van der Waals surface area contributed by atoms with E-state index in [2.05, 4.69) is 15.5 Å². The first kappa shape index (κ1) is 19.4. The quantitative estimate of drug-likeness (QED) is 0.769. The van der Waals surface area contributed by atoms with Crippen LogP contribution in [0.4, 0.5) is 0 Å². The molecule has 1 saturated carbocycles. The van der Waals surface area contributed by atoms with E-state index in [9.17, 15) is 9.59 Å². The number of hydrogen-bond donors (Lipinski definition) is 1. The number of likely N-dealkylation sites (tertiary alicyclic amines) is 1. The van der Waals surface area contributed by atoms with E-state index in [1.54, 1.807) is 18.2 Å². The Morgan fingerprint density at radius 3 is 2.62 bits per heavy atom. The van der Waals surface area contributed by atoms with E-state index in [1.807, 2.05) is 17.9 Å². The van der Waals surface area contributed by atoms with Crippen molar-refractivity contribution in [2.45, 2.75) is 51.7 Å². The maximum absolute atomic E-state index is 12.4. The van der Waals surface area contributed by atoms with Gasteiger partial charge in [-0.3, -0.25) is 9.59 Å². The number of benzene rings is 1. The fourth-order valence-electron chi connectivity index (χ4n) is 3.45. The van der Waals surface area contributed by atoms with Crippen LogP contribution in [-0.2, 0) is 17.8 Å². The highest BCUT2D eigenvalue weighted by Crippen LogP contribution is 2.32. The van der Waals surface area contributed by atoms with Gasteiger partial charge in [0.2, 0.25) is 17.7 Å². The molecule has 1 aromatic heterocycles.